The number of esters is 1. The summed E-state index contributed by atoms with van der Waals surface area (Å²) in [5, 5.41) is 0.826. The first-order valence-corrected chi connectivity index (χ1v) is 4.91. The average Bonchev–Trinajstić information content (AvgIpc) is 2.48. The number of aromatic nitrogens is 1. The zero-order valence-corrected chi connectivity index (χ0v) is 8.42. The number of halogens is 3. The van der Waals surface area contributed by atoms with Gasteiger partial charge in [0, 0.05) is 17.1 Å². The van der Waals surface area contributed by atoms with E-state index in [-0.39, 0.29) is 21.8 Å². The number of hydrogen-bond acceptors (Lipinski definition) is 5. The van der Waals surface area contributed by atoms with Gasteiger partial charge in [-0.25, -0.2) is 9.78 Å². The quantitative estimate of drug-likeness (QED) is 0.591. The summed E-state index contributed by atoms with van der Waals surface area (Å²) >= 11 is 0.457. The molecule has 0 aromatic carbocycles. The molecule has 0 saturated heterocycles. The van der Waals surface area contributed by atoms with Crippen LogP contribution in [0.4, 0.5) is 13.2 Å². The number of carbonyl (C=O) groups excluding carboxylic acids is 1. The van der Waals surface area contributed by atoms with Crippen LogP contribution in [-0.2, 0) is 4.74 Å². The molecule has 78 valence electrons. The second-order valence-corrected chi connectivity index (χ2v) is 3.97. The minimum Gasteiger partial charge on any atom is -0.464 e. The summed E-state index contributed by atoms with van der Waals surface area (Å²) in [6, 6.07) is 0. The third-order valence-electron chi connectivity index (χ3n) is 1.06. The molecule has 1 aromatic rings. The van der Waals surface area contributed by atoms with Crippen molar-refractivity contribution in [2.75, 3.05) is 7.11 Å². The molecule has 0 fully saturated rings. The summed E-state index contributed by atoms with van der Waals surface area (Å²) in [5.41, 5.74) is -4.39. The van der Waals surface area contributed by atoms with E-state index in [4.69, 9.17) is 0 Å². The maximum absolute atomic E-state index is 11.8. The molecule has 0 saturated carbocycles. The molecule has 0 aliphatic rings. The number of ether oxygens (including phenoxy) is 1. The van der Waals surface area contributed by atoms with Crippen molar-refractivity contribution in [1.82, 2.24) is 4.98 Å². The van der Waals surface area contributed by atoms with Crippen molar-refractivity contribution in [2.45, 2.75) is 10.5 Å². The molecule has 0 bridgehead atoms. The Morgan fingerprint density at radius 1 is 1.64 bits per heavy atom. The minimum absolute atomic E-state index is 0.0840. The highest BCUT2D eigenvalue weighted by atomic mass is 32.2. The molecule has 8 heteroatoms. The monoisotopic (exact) mass is 243 g/mol. The first-order valence-electron chi connectivity index (χ1n) is 3.22. The molecule has 0 unspecified atom stereocenters. The highest BCUT2D eigenvalue weighted by molar-refractivity contribution is 8.00. The van der Waals surface area contributed by atoms with E-state index >= 15 is 0 Å². The summed E-state index contributed by atoms with van der Waals surface area (Å²) < 4.78 is 39.8. The van der Waals surface area contributed by atoms with Crippen LogP contribution in [0.2, 0.25) is 0 Å². The van der Waals surface area contributed by atoms with E-state index in [1.807, 2.05) is 0 Å². The lowest BCUT2D eigenvalue weighted by molar-refractivity contribution is -0.0329. The van der Waals surface area contributed by atoms with Gasteiger partial charge in [-0.3, -0.25) is 0 Å². The third-order valence-corrected chi connectivity index (χ3v) is 2.68. The van der Waals surface area contributed by atoms with Gasteiger partial charge in [0.05, 0.1) is 7.11 Å². The lowest BCUT2D eigenvalue weighted by Crippen LogP contribution is -2.02. The van der Waals surface area contributed by atoms with E-state index < -0.39 is 11.5 Å². The van der Waals surface area contributed by atoms with Crippen LogP contribution >= 0.6 is 23.1 Å². The zero-order valence-electron chi connectivity index (χ0n) is 6.79. The normalized spacial score (nSPS) is 11.4. The molecule has 0 spiro atoms. The van der Waals surface area contributed by atoms with Crippen LogP contribution in [0.25, 0.3) is 0 Å². The largest absolute Gasteiger partial charge is 0.464 e. The molecule has 0 atom stereocenters. The number of hydrogen-bond donors (Lipinski definition) is 0. The Morgan fingerprint density at radius 2 is 2.29 bits per heavy atom. The van der Waals surface area contributed by atoms with Crippen molar-refractivity contribution >= 4 is 29.1 Å². The van der Waals surface area contributed by atoms with Gasteiger partial charge in [0.2, 0.25) is 5.01 Å². The van der Waals surface area contributed by atoms with Gasteiger partial charge in [0.25, 0.3) is 0 Å². The number of alkyl halides is 3. The Kier molecular flexibility index (Phi) is 3.38. The van der Waals surface area contributed by atoms with Gasteiger partial charge in [0.1, 0.15) is 5.03 Å². The summed E-state index contributed by atoms with van der Waals surface area (Å²) in [6.07, 6.45) is 0. The van der Waals surface area contributed by atoms with Gasteiger partial charge in [-0.15, -0.1) is 11.3 Å². The number of thioether (sulfide) groups is 1. The fourth-order valence-corrected chi connectivity index (χ4v) is 1.97. The topological polar surface area (TPSA) is 39.2 Å². The van der Waals surface area contributed by atoms with Crippen LogP contribution in [0, 0.1) is 0 Å². The number of nitrogens with zero attached hydrogens (tertiary/aromatic N) is 1. The molecule has 0 N–H and O–H groups in total. The Bertz CT molecular complexity index is 336. The van der Waals surface area contributed by atoms with Gasteiger partial charge >= 0.3 is 11.5 Å². The molecule has 1 aromatic heterocycles. The van der Waals surface area contributed by atoms with E-state index in [1.165, 1.54) is 0 Å². The molecule has 0 aliphatic carbocycles. The van der Waals surface area contributed by atoms with E-state index in [0.29, 0.717) is 0 Å². The van der Waals surface area contributed by atoms with Gasteiger partial charge < -0.3 is 4.74 Å². The van der Waals surface area contributed by atoms with Crippen LogP contribution in [0.3, 0.4) is 0 Å². The highest BCUT2D eigenvalue weighted by Crippen LogP contribution is 2.37. The van der Waals surface area contributed by atoms with E-state index in [2.05, 4.69) is 9.72 Å². The highest BCUT2D eigenvalue weighted by Gasteiger charge is 2.31. The standard InChI is InChI=1S/C6H4F3NO2S2/c1-12-5(11)4-10-3(2-13-4)14-6(7,8)9/h2H,1H3. The fraction of sp³-hybridized carbons (Fsp3) is 0.333. The average molecular weight is 243 g/mol. The van der Waals surface area contributed by atoms with Crippen LogP contribution < -0.4 is 0 Å². The van der Waals surface area contributed by atoms with Gasteiger partial charge in [-0.2, -0.15) is 13.2 Å². The Balaban J connectivity index is 2.74. The van der Waals surface area contributed by atoms with Crippen molar-refractivity contribution < 1.29 is 22.7 Å². The summed E-state index contributed by atoms with van der Waals surface area (Å²) in [6.45, 7) is 0. The van der Waals surface area contributed by atoms with Gasteiger partial charge in [-0.05, 0) is 0 Å². The number of carbonyl (C=O) groups is 1. The van der Waals surface area contributed by atoms with Crippen molar-refractivity contribution in [3.05, 3.63) is 10.4 Å². The zero-order chi connectivity index (χ0) is 10.8. The van der Waals surface area contributed by atoms with Crippen LogP contribution in [0.15, 0.2) is 10.4 Å². The molecule has 1 rings (SSSR count). The summed E-state index contributed by atoms with van der Waals surface area (Å²) in [5.74, 6) is -0.732. The van der Waals surface area contributed by atoms with Crippen LogP contribution in [0.5, 0.6) is 0 Å². The molecular weight excluding hydrogens is 239 g/mol. The second-order valence-electron chi connectivity index (χ2n) is 2.03. The van der Waals surface area contributed by atoms with Crippen LogP contribution in [0.1, 0.15) is 9.80 Å². The molecular formula is C6H4F3NO2S2. The SMILES string of the molecule is COC(=O)c1nc(SC(F)(F)F)cs1. The summed E-state index contributed by atoms with van der Waals surface area (Å²) in [4.78, 5) is 14.3. The minimum atomic E-state index is -4.39. The predicted octanol–water partition coefficient (Wildman–Crippen LogP) is 2.54. The Morgan fingerprint density at radius 3 is 2.79 bits per heavy atom. The summed E-state index contributed by atoms with van der Waals surface area (Å²) in [7, 11) is 1.14. The molecule has 0 amide bonds. The Hall–Kier alpha value is -0.760. The van der Waals surface area contributed by atoms with E-state index in [0.717, 1.165) is 23.8 Å². The third kappa shape index (κ3) is 3.18. The molecule has 3 nitrogen and oxygen atoms in total. The van der Waals surface area contributed by atoms with Crippen molar-refractivity contribution in [2.24, 2.45) is 0 Å². The van der Waals surface area contributed by atoms with Crippen molar-refractivity contribution in [3.8, 4) is 0 Å². The smallest absolute Gasteiger partial charge is 0.447 e. The molecule has 0 radical (unpaired) electrons. The lowest BCUT2D eigenvalue weighted by Gasteiger charge is -2.00. The maximum Gasteiger partial charge on any atom is 0.447 e. The number of rotatable bonds is 2. The fourth-order valence-electron chi connectivity index (χ4n) is 0.606. The van der Waals surface area contributed by atoms with Crippen molar-refractivity contribution in [3.63, 3.8) is 0 Å². The predicted molar refractivity (Wildman–Crippen MR) is 45.4 cm³/mol. The first-order chi connectivity index (χ1) is 6.42. The lowest BCUT2D eigenvalue weighted by atomic mass is 10.7. The maximum atomic E-state index is 11.8. The van der Waals surface area contributed by atoms with Gasteiger partial charge in [-0.1, -0.05) is 0 Å². The Labute approximate surface area is 85.3 Å². The molecule has 0 aliphatic heterocycles. The van der Waals surface area contributed by atoms with E-state index in [9.17, 15) is 18.0 Å². The van der Waals surface area contributed by atoms with Crippen LogP contribution in [-0.4, -0.2) is 23.6 Å². The van der Waals surface area contributed by atoms with E-state index in [1.54, 1.807) is 0 Å². The molecule has 14 heavy (non-hydrogen) atoms. The number of methoxy groups -OCH3 is 1. The number of thiazole rings is 1. The second kappa shape index (κ2) is 4.18. The van der Waals surface area contributed by atoms with Gasteiger partial charge in [0.15, 0.2) is 0 Å². The first kappa shape index (κ1) is 11.3. The van der Waals surface area contributed by atoms with Crippen molar-refractivity contribution in [1.29, 1.82) is 0 Å². The molecule has 1 heterocycles.